The van der Waals surface area contributed by atoms with E-state index in [0.717, 1.165) is 12.8 Å². The van der Waals surface area contributed by atoms with Gasteiger partial charge in [-0.3, -0.25) is 4.79 Å². The summed E-state index contributed by atoms with van der Waals surface area (Å²) in [7, 11) is 2.80. The van der Waals surface area contributed by atoms with Crippen LogP contribution in [0.25, 0.3) is 0 Å². The summed E-state index contributed by atoms with van der Waals surface area (Å²) >= 11 is 0. The molecule has 144 valence electrons. The number of hydrogen-bond donors (Lipinski definition) is 1. The van der Waals surface area contributed by atoms with E-state index in [0.29, 0.717) is 28.9 Å². The molecule has 0 heterocycles. The van der Waals surface area contributed by atoms with Gasteiger partial charge in [0.15, 0.2) is 17.6 Å². The van der Waals surface area contributed by atoms with Gasteiger partial charge in [0.05, 0.1) is 19.8 Å². The maximum absolute atomic E-state index is 12.5. The largest absolute Gasteiger partial charge is 0.493 e. The first-order valence-corrected chi connectivity index (χ1v) is 9.10. The van der Waals surface area contributed by atoms with Crippen LogP contribution in [0.15, 0.2) is 18.2 Å². The fourth-order valence-electron chi connectivity index (χ4n) is 3.34. The van der Waals surface area contributed by atoms with Crippen LogP contribution in [0.4, 0.5) is 0 Å². The molecular formula is C20H29NO5. The molecule has 0 aromatic heterocycles. The Morgan fingerprint density at radius 1 is 1.15 bits per heavy atom. The van der Waals surface area contributed by atoms with Crippen LogP contribution >= 0.6 is 0 Å². The minimum atomic E-state index is -0.669. The molecule has 0 bridgehead atoms. The molecule has 0 unspecified atom stereocenters. The van der Waals surface area contributed by atoms with E-state index < -0.39 is 12.1 Å². The Morgan fingerprint density at radius 3 is 2.54 bits per heavy atom. The number of hydrogen-bond acceptors (Lipinski definition) is 5. The number of carbonyl (C=O) groups excluding carboxylic acids is 2. The standard InChI is InChI=1S/C20H29NO5/c1-12-7-6-8-16(13(12)2)21-19(22)14(3)26-17-10-9-15(20(23)25-5)11-18(17)24-4/h9-14,16H,6-8H2,1-5H3,(H,21,22)/t12-,13+,14+,16-/m0/s1. The van der Waals surface area contributed by atoms with E-state index in [-0.39, 0.29) is 11.9 Å². The van der Waals surface area contributed by atoms with Crippen LogP contribution in [0.1, 0.15) is 50.4 Å². The third kappa shape index (κ3) is 4.68. The zero-order chi connectivity index (χ0) is 19.3. The first kappa shape index (κ1) is 20.1. The molecule has 6 nitrogen and oxygen atoms in total. The summed E-state index contributed by atoms with van der Waals surface area (Å²) in [6.07, 6.45) is 2.68. The smallest absolute Gasteiger partial charge is 0.337 e. The Kier molecular flexibility index (Phi) is 6.89. The molecule has 1 amide bonds. The fourth-order valence-corrected chi connectivity index (χ4v) is 3.34. The van der Waals surface area contributed by atoms with Crippen LogP contribution in [-0.2, 0) is 9.53 Å². The highest BCUT2D eigenvalue weighted by atomic mass is 16.5. The Morgan fingerprint density at radius 2 is 1.88 bits per heavy atom. The van der Waals surface area contributed by atoms with E-state index in [2.05, 4.69) is 19.2 Å². The van der Waals surface area contributed by atoms with Gasteiger partial charge in [-0.2, -0.15) is 0 Å². The minimum absolute atomic E-state index is 0.143. The lowest BCUT2D eigenvalue weighted by Gasteiger charge is -2.35. The molecule has 1 saturated carbocycles. The second kappa shape index (κ2) is 8.92. The van der Waals surface area contributed by atoms with Crippen molar-refractivity contribution in [3.63, 3.8) is 0 Å². The summed E-state index contributed by atoms with van der Waals surface area (Å²) in [4.78, 5) is 24.2. The SMILES string of the molecule is COC(=O)c1ccc(O[C@H](C)C(=O)N[C@H]2CCC[C@H](C)[C@H]2C)c(OC)c1. The quantitative estimate of drug-likeness (QED) is 0.786. The highest BCUT2D eigenvalue weighted by Gasteiger charge is 2.30. The lowest BCUT2D eigenvalue weighted by Crippen LogP contribution is -2.48. The van der Waals surface area contributed by atoms with Crippen molar-refractivity contribution >= 4 is 11.9 Å². The van der Waals surface area contributed by atoms with Crippen molar-refractivity contribution in [2.24, 2.45) is 11.8 Å². The highest BCUT2D eigenvalue weighted by Crippen LogP contribution is 2.31. The third-order valence-electron chi connectivity index (χ3n) is 5.29. The number of nitrogens with one attached hydrogen (secondary N) is 1. The van der Waals surface area contributed by atoms with E-state index >= 15 is 0 Å². The lowest BCUT2D eigenvalue weighted by atomic mass is 9.78. The van der Waals surface area contributed by atoms with Gasteiger partial charge in [0.25, 0.3) is 5.91 Å². The van der Waals surface area contributed by atoms with Gasteiger partial charge >= 0.3 is 5.97 Å². The molecule has 6 heteroatoms. The van der Waals surface area contributed by atoms with Crippen molar-refractivity contribution in [1.82, 2.24) is 5.32 Å². The monoisotopic (exact) mass is 363 g/mol. The van der Waals surface area contributed by atoms with Gasteiger partial charge in [-0.1, -0.05) is 26.7 Å². The van der Waals surface area contributed by atoms with Gasteiger partial charge in [0.1, 0.15) is 0 Å². The number of amides is 1. The summed E-state index contributed by atoms with van der Waals surface area (Å²) in [5, 5.41) is 3.12. The van der Waals surface area contributed by atoms with Gasteiger partial charge in [-0.25, -0.2) is 4.79 Å². The van der Waals surface area contributed by atoms with Crippen molar-refractivity contribution in [2.75, 3.05) is 14.2 Å². The predicted molar refractivity (Wildman–Crippen MR) is 98.5 cm³/mol. The molecule has 26 heavy (non-hydrogen) atoms. The summed E-state index contributed by atoms with van der Waals surface area (Å²) in [6.45, 7) is 6.13. The summed E-state index contributed by atoms with van der Waals surface area (Å²) in [5.41, 5.74) is 0.360. The van der Waals surface area contributed by atoms with E-state index in [9.17, 15) is 9.59 Å². The maximum Gasteiger partial charge on any atom is 0.337 e. The van der Waals surface area contributed by atoms with Crippen LogP contribution in [0.3, 0.4) is 0 Å². The molecule has 2 rings (SSSR count). The molecule has 1 aliphatic carbocycles. The predicted octanol–water partition coefficient (Wildman–Crippen LogP) is 3.19. The molecule has 1 N–H and O–H groups in total. The van der Waals surface area contributed by atoms with Crippen LogP contribution in [0.2, 0.25) is 0 Å². The molecule has 1 fully saturated rings. The average molecular weight is 363 g/mol. The molecule has 0 radical (unpaired) electrons. The molecule has 1 aromatic rings. The van der Waals surface area contributed by atoms with Crippen molar-refractivity contribution in [1.29, 1.82) is 0 Å². The topological polar surface area (TPSA) is 73.9 Å². The van der Waals surface area contributed by atoms with Gasteiger partial charge in [0.2, 0.25) is 0 Å². The van der Waals surface area contributed by atoms with Crippen molar-refractivity contribution in [2.45, 2.75) is 52.2 Å². The van der Waals surface area contributed by atoms with E-state index in [1.807, 2.05) is 0 Å². The lowest BCUT2D eigenvalue weighted by molar-refractivity contribution is -0.128. The van der Waals surface area contributed by atoms with E-state index in [4.69, 9.17) is 14.2 Å². The Bertz CT molecular complexity index is 645. The summed E-state index contributed by atoms with van der Waals surface area (Å²) in [6, 6.07) is 4.91. The van der Waals surface area contributed by atoms with Crippen molar-refractivity contribution in [3.05, 3.63) is 23.8 Å². The van der Waals surface area contributed by atoms with Crippen LogP contribution < -0.4 is 14.8 Å². The Labute approximate surface area is 155 Å². The molecule has 0 spiro atoms. The molecule has 0 aliphatic heterocycles. The average Bonchev–Trinajstić information content (AvgIpc) is 2.64. The van der Waals surface area contributed by atoms with E-state index in [1.54, 1.807) is 19.1 Å². The Hall–Kier alpha value is -2.24. The van der Waals surface area contributed by atoms with Crippen molar-refractivity contribution in [3.8, 4) is 11.5 Å². The first-order valence-electron chi connectivity index (χ1n) is 9.10. The Balaban J connectivity index is 2.03. The number of benzene rings is 1. The van der Waals surface area contributed by atoms with Gasteiger partial charge in [0, 0.05) is 6.04 Å². The van der Waals surface area contributed by atoms with Crippen molar-refractivity contribution < 1.29 is 23.8 Å². The van der Waals surface area contributed by atoms with Gasteiger partial charge < -0.3 is 19.5 Å². The number of ether oxygens (including phenoxy) is 3. The van der Waals surface area contributed by atoms with Gasteiger partial charge in [-0.05, 0) is 43.4 Å². The molecule has 1 aliphatic rings. The molecule has 1 aromatic carbocycles. The first-order chi connectivity index (χ1) is 12.4. The number of rotatable bonds is 6. The van der Waals surface area contributed by atoms with Gasteiger partial charge in [-0.15, -0.1) is 0 Å². The molecule has 0 saturated heterocycles. The highest BCUT2D eigenvalue weighted by molar-refractivity contribution is 5.90. The zero-order valence-corrected chi connectivity index (χ0v) is 16.2. The normalized spacial score (nSPS) is 23.7. The number of esters is 1. The summed E-state index contributed by atoms with van der Waals surface area (Å²) in [5.74, 6) is 1.25. The van der Waals surface area contributed by atoms with Crippen LogP contribution in [-0.4, -0.2) is 38.2 Å². The third-order valence-corrected chi connectivity index (χ3v) is 5.29. The maximum atomic E-state index is 12.5. The van der Waals surface area contributed by atoms with E-state index in [1.165, 1.54) is 26.7 Å². The number of methoxy groups -OCH3 is 2. The minimum Gasteiger partial charge on any atom is -0.493 e. The van der Waals surface area contributed by atoms with Crippen LogP contribution in [0.5, 0.6) is 11.5 Å². The molecular weight excluding hydrogens is 334 g/mol. The van der Waals surface area contributed by atoms with Crippen LogP contribution in [0, 0.1) is 11.8 Å². The second-order valence-corrected chi connectivity index (χ2v) is 7.00. The fraction of sp³-hybridized carbons (Fsp3) is 0.600. The second-order valence-electron chi connectivity index (χ2n) is 7.00. The number of carbonyl (C=O) groups is 2. The molecule has 4 atom stereocenters. The zero-order valence-electron chi connectivity index (χ0n) is 16.2. The summed E-state index contributed by atoms with van der Waals surface area (Å²) < 4.78 is 15.8.